The van der Waals surface area contributed by atoms with Crippen molar-refractivity contribution >= 4 is 199 Å². The van der Waals surface area contributed by atoms with Crippen molar-refractivity contribution in [3.63, 3.8) is 0 Å². The highest BCUT2D eigenvalue weighted by molar-refractivity contribution is 6.16. The van der Waals surface area contributed by atoms with Gasteiger partial charge in [-0.25, -0.2) is 0 Å². The van der Waals surface area contributed by atoms with Gasteiger partial charge in [-0.1, -0.05) is 273 Å². The molecule has 0 aliphatic rings. The standard InChI is InChI=1S/C132H85N7O3/c1-4-25-91(26-5-1)137-121-43-16-10-31-109(121)118-83-90(57-80-124(118)137)86-49-58-94(59-50-86)133(95-60-51-87(52-61-95)106-37-22-40-115-112-34-13-19-46-127(112)140-130(106)115)98-66-68-99(69-67-98)134(100-70-74-102(75-71-100)135(96-62-53-88(54-63-96)107-38-23-41-116-113-35-14-20-47-128(113)141-131(107)116)104-78-81-125-119(84-104)110-32-11-17-44-122(110)138(125)92-27-6-2-7-28-92)101-72-76-103(77-73-101)136(97-64-55-89(56-65-97)108-39-24-42-117-114-36-15-21-48-129(114)142-132(108)117)105-79-82-126-120(85-105)111-33-12-18-45-123(111)139(126)93-29-8-3-9-30-93/h1-85H. The fourth-order valence-electron chi connectivity index (χ4n) is 22.1. The lowest BCUT2D eigenvalue weighted by molar-refractivity contribution is 0.669. The second-order valence-electron chi connectivity index (χ2n) is 36.6. The van der Waals surface area contributed by atoms with E-state index < -0.39 is 0 Å². The number of rotatable bonds is 19. The first-order valence-corrected chi connectivity index (χ1v) is 48.3. The Hall–Kier alpha value is -19.2. The molecular formula is C132H85N7O3. The van der Waals surface area contributed by atoms with Gasteiger partial charge in [-0.3, -0.25) is 0 Å². The van der Waals surface area contributed by atoms with Crippen molar-refractivity contribution in [2.45, 2.75) is 0 Å². The van der Waals surface area contributed by atoms with Gasteiger partial charge in [0.15, 0.2) is 0 Å². The first-order chi connectivity index (χ1) is 70.4. The van der Waals surface area contributed by atoms with E-state index in [1.807, 2.05) is 18.2 Å². The van der Waals surface area contributed by atoms with Gasteiger partial charge in [-0.2, -0.15) is 0 Å². The van der Waals surface area contributed by atoms with Gasteiger partial charge in [0.1, 0.15) is 33.5 Å². The highest BCUT2D eigenvalue weighted by Crippen LogP contribution is 2.50. The van der Waals surface area contributed by atoms with Gasteiger partial charge >= 0.3 is 0 Å². The van der Waals surface area contributed by atoms with Gasteiger partial charge in [0.2, 0.25) is 0 Å². The van der Waals surface area contributed by atoms with Crippen LogP contribution in [0.1, 0.15) is 0 Å². The molecule has 666 valence electrons. The van der Waals surface area contributed by atoms with E-state index in [1.54, 1.807) is 0 Å². The molecule has 22 aromatic carbocycles. The molecule has 6 aromatic heterocycles. The highest BCUT2D eigenvalue weighted by atomic mass is 16.3. The summed E-state index contributed by atoms with van der Waals surface area (Å²) in [5.41, 5.74) is 35.7. The Morgan fingerprint density at radius 3 is 0.648 bits per heavy atom. The average Bonchev–Trinajstić information content (AvgIpc) is 1.58. The molecule has 0 fully saturated rings. The highest BCUT2D eigenvalue weighted by Gasteiger charge is 2.27. The van der Waals surface area contributed by atoms with Crippen molar-refractivity contribution in [2.24, 2.45) is 0 Å². The zero-order valence-electron chi connectivity index (χ0n) is 76.9. The van der Waals surface area contributed by atoms with E-state index in [2.05, 4.69) is 531 Å². The summed E-state index contributed by atoms with van der Waals surface area (Å²) in [4.78, 5) is 9.55. The van der Waals surface area contributed by atoms with Crippen LogP contribution >= 0.6 is 0 Å². The maximum Gasteiger partial charge on any atom is 0.143 e. The van der Waals surface area contributed by atoms with Crippen molar-refractivity contribution in [1.82, 2.24) is 13.7 Å². The Bertz CT molecular complexity index is 9410. The van der Waals surface area contributed by atoms with E-state index >= 15 is 0 Å². The van der Waals surface area contributed by atoms with Crippen molar-refractivity contribution < 1.29 is 13.3 Å². The average molecular weight is 1820 g/mol. The van der Waals surface area contributed by atoms with E-state index in [1.165, 1.54) is 27.1 Å². The maximum absolute atomic E-state index is 6.69. The monoisotopic (exact) mass is 1820 g/mol. The Morgan fingerprint density at radius 2 is 0.345 bits per heavy atom. The summed E-state index contributed by atoms with van der Waals surface area (Å²) in [6.45, 7) is 0. The molecule has 0 bridgehead atoms. The van der Waals surface area contributed by atoms with E-state index in [-0.39, 0.29) is 0 Å². The zero-order valence-corrected chi connectivity index (χ0v) is 76.9. The molecule has 0 aliphatic carbocycles. The molecule has 10 nitrogen and oxygen atoms in total. The normalized spacial score (nSPS) is 11.8. The summed E-state index contributed by atoms with van der Waals surface area (Å²) < 4.78 is 27.2. The summed E-state index contributed by atoms with van der Waals surface area (Å²) in [5, 5.41) is 13.6. The van der Waals surface area contributed by atoms with Crippen LogP contribution < -0.4 is 19.6 Å². The Labute approximate surface area is 817 Å². The largest absolute Gasteiger partial charge is 0.455 e. The van der Waals surface area contributed by atoms with Gasteiger partial charge in [-0.15, -0.1) is 0 Å². The lowest BCUT2D eigenvalue weighted by atomic mass is 10.0. The predicted molar refractivity (Wildman–Crippen MR) is 592 cm³/mol. The summed E-state index contributed by atoms with van der Waals surface area (Å²) >= 11 is 0. The third kappa shape index (κ3) is 13.6. The van der Waals surface area contributed by atoms with Crippen LogP contribution in [0.25, 0.3) is 193 Å². The Kier molecular flexibility index (Phi) is 19.1. The molecule has 0 radical (unpaired) electrons. The number of benzene rings is 22. The molecular weight excluding hydrogens is 1730 g/mol. The number of furan rings is 3. The number of hydrogen-bond donors (Lipinski definition) is 0. The molecule has 10 heteroatoms. The van der Waals surface area contributed by atoms with Crippen molar-refractivity contribution in [2.75, 3.05) is 19.6 Å². The smallest absolute Gasteiger partial charge is 0.143 e. The first kappa shape index (κ1) is 81.2. The molecule has 0 N–H and O–H groups in total. The summed E-state index contributed by atoms with van der Waals surface area (Å²) in [6.07, 6.45) is 0. The SMILES string of the molecule is c1ccc(-n2c3ccccc3c3cc(-c4ccc(N(c5ccc(-c6cccc7c6oc6ccccc67)cc5)c5ccc(N(c6ccc(N(c7ccc(-c8cccc9c8oc8ccccc89)cc7)c7ccc8c(c7)c7ccccc7n8-c7ccccc7)cc6)c6ccc(N(c7ccc(-c8cccc9c8oc8ccccc89)cc7)c7ccc8c(c7)c7ccccc7n8-c7ccccc7)cc6)cc5)cc4)ccc32)cc1. The second-order valence-corrected chi connectivity index (χ2v) is 36.6. The number of anilines is 12. The predicted octanol–water partition coefficient (Wildman–Crippen LogP) is 37.2. The van der Waals surface area contributed by atoms with E-state index in [0.717, 1.165) is 234 Å². The third-order valence-corrected chi connectivity index (χ3v) is 28.6. The molecule has 142 heavy (non-hydrogen) atoms. The maximum atomic E-state index is 6.69. The van der Waals surface area contributed by atoms with Crippen LogP contribution in [0.15, 0.2) is 529 Å². The van der Waals surface area contributed by atoms with E-state index in [0.29, 0.717) is 0 Å². The number of nitrogens with zero attached hydrogens (tertiary/aromatic N) is 7. The van der Waals surface area contributed by atoms with Crippen molar-refractivity contribution in [3.8, 4) is 61.6 Å². The molecule has 0 atom stereocenters. The van der Waals surface area contributed by atoms with Gasteiger partial charge < -0.3 is 46.6 Å². The lowest BCUT2D eigenvalue weighted by Gasteiger charge is -2.30. The molecule has 0 unspecified atom stereocenters. The lowest BCUT2D eigenvalue weighted by Crippen LogP contribution is -2.14. The third-order valence-electron chi connectivity index (χ3n) is 28.6. The molecule has 6 heterocycles. The van der Waals surface area contributed by atoms with Crippen LogP contribution in [0.4, 0.5) is 68.2 Å². The zero-order chi connectivity index (χ0) is 93.4. The van der Waals surface area contributed by atoms with Gasteiger partial charge in [-0.05, 0) is 270 Å². The van der Waals surface area contributed by atoms with E-state index in [9.17, 15) is 0 Å². The molecule has 28 aromatic rings. The Morgan fingerprint density at radius 1 is 0.134 bits per heavy atom. The summed E-state index contributed by atoms with van der Waals surface area (Å²) in [5.74, 6) is 0. The van der Waals surface area contributed by atoms with Crippen LogP contribution in [0.3, 0.4) is 0 Å². The number of fused-ring (bicyclic) bond motifs is 18. The number of aromatic nitrogens is 3. The molecule has 0 saturated carbocycles. The van der Waals surface area contributed by atoms with E-state index in [4.69, 9.17) is 13.3 Å². The molecule has 0 spiro atoms. The summed E-state index contributed by atoms with van der Waals surface area (Å²) in [6, 6.07) is 187. The minimum Gasteiger partial charge on any atom is -0.455 e. The topological polar surface area (TPSA) is 67.2 Å². The van der Waals surface area contributed by atoms with Gasteiger partial charge in [0.25, 0.3) is 0 Å². The van der Waals surface area contributed by atoms with Crippen LogP contribution in [0, 0.1) is 0 Å². The van der Waals surface area contributed by atoms with Crippen LogP contribution in [-0.4, -0.2) is 13.7 Å². The fraction of sp³-hybridized carbons (Fsp3) is 0. The Balaban J connectivity index is 0.599. The minimum absolute atomic E-state index is 0.868. The fourth-order valence-corrected chi connectivity index (χ4v) is 22.1. The van der Waals surface area contributed by atoms with Gasteiger partial charge in [0.05, 0.1) is 33.1 Å². The minimum atomic E-state index is 0.868. The van der Waals surface area contributed by atoms with Crippen LogP contribution in [0.5, 0.6) is 0 Å². The van der Waals surface area contributed by atoms with Gasteiger partial charge in [0, 0.05) is 167 Å². The van der Waals surface area contributed by atoms with Crippen molar-refractivity contribution in [3.05, 3.63) is 516 Å². The number of hydrogen-bond acceptors (Lipinski definition) is 7. The molecule has 0 amide bonds. The molecule has 28 rings (SSSR count). The second kappa shape index (κ2) is 33.4. The first-order valence-electron chi connectivity index (χ1n) is 48.3. The summed E-state index contributed by atoms with van der Waals surface area (Å²) in [7, 11) is 0. The van der Waals surface area contributed by atoms with Crippen LogP contribution in [0.2, 0.25) is 0 Å². The molecule has 0 saturated heterocycles. The number of para-hydroxylation sites is 12. The van der Waals surface area contributed by atoms with Crippen molar-refractivity contribution in [1.29, 1.82) is 0 Å². The molecule has 0 aliphatic heterocycles. The van der Waals surface area contributed by atoms with Crippen LogP contribution in [-0.2, 0) is 0 Å². The quantitative estimate of drug-likeness (QED) is 0.0799.